The summed E-state index contributed by atoms with van der Waals surface area (Å²) in [5, 5.41) is 0. The Morgan fingerprint density at radius 2 is 2.00 bits per heavy atom. The maximum atomic E-state index is 11.1. The van der Waals surface area contributed by atoms with Crippen LogP contribution in [0.1, 0.15) is 34.1 Å². The average molecular weight is 170 g/mol. The lowest BCUT2D eigenvalue weighted by molar-refractivity contribution is -0.165. The third-order valence-electron chi connectivity index (χ3n) is 2.83. The van der Waals surface area contributed by atoms with E-state index in [1.165, 1.54) is 0 Å². The maximum absolute atomic E-state index is 11.1. The zero-order chi connectivity index (χ0) is 9.30. The summed E-state index contributed by atoms with van der Waals surface area (Å²) in [5.74, 6) is 1.38. The topological polar surface area (TPSA) is 26.3 Å². The molecule has 0 aromatic carbocycles. The van der Waals surface area contributed by atoms with Crippen LogP contribution in [0.5, 0.6) is 0 Å². The van der Waals surface area contributed by atoms with Crippen molar-refractivity contribution in [2.45, 2.75) is 40.2 Å². The Labute approximate surface area is 74.3 Å². The summed E-state index contributed by atoms with van der Waals surface area (Å²) < 4.78 is 5.29. The third kappa shape index (κ3) is 1.79. The van der Waals surface area contributed by atoms with Gasteiger partial charge in [0.25, 0.3) is 0 Å². The molecule has 12 heavy (non-hydrogen) atoms. The Morgan fingerprint density at radius 1 is 1.42 bits per heavy atom. The molecule has 0 saturated carbocycles. The second kappa shape index (κ2) is 3.46. The number of rotatable bonds is 1. The molecule has 0 aliphatic carbocycles. The first-order valence-electron chi connectivity index (χ1n) is 4.72. The quantitative estimate of drug-likeness (QED) is 0.564. The van der Waals surface area contributed by atoms with Crippen LogP contribution in [0.15, 0.2) is 0 Å². The molecule has 2 heteroatoms. The first-order chi connectivity index (χ1) is 5.52. The molecule has 0 unspecified atom stereocenters. The van der Waals surface area contributed by atoms with E-state index < -0.39 is 0 Å². The van der Waals surface area contributed by atoms with Crippen LogP contribution in [0.4, 0.5) is 0 Å². The van der Waals surface area contributed by atoms with Crippen LogP contribution in [0.3, 0.4) is 0 Å². The van der Waals surface area contributed by atoms with E-state index in [1.54, 1.807) is 0 Å². The number of hydrogen-bond donors (Lipinski definition) is 0. The Morgan fingerprint density at radius 3 is 2.50 bits per heavy atom. The summed E-state index contributed by atoms with van der Waals surface area (Å²) in [7, 11) is 0. The van der Waals surface area contributed by atoms with Crippen LogP contribution in [0, 0.1) is 17.8 Å². The lowest BCUT2D eigenvalue weighted by Crippen LogP contribution is -2.39. The van der Waals surface area contributed by atoms with Crippen molar-refractivity contribution in [1.29, 1.82) is 0 Å². The van der Waals surface area contributed by atoms with Crippen molar-refractivity contribution in [3.05, 3.63) is 0 Å². The maximum Gasteiger partial charge on any atom is 0.306 e. The van der Waals surface area contributed by atoms with Gasteiger partial charge in [0.2, 0.25) is 0 Å². The Balaban J connectivity index is 2.66. The Kier molecular flexibility index (Phi) is 2.76. The highest BCUT2D eigenvalue weighted by Crippen LogP contribution is 2.30. The lowest BCUT2D eigenvalue weighted by Gasteiger charge is -2.35. The number of ether oxygens (including phenoxy) is 1. The van der Waals surface area contributed by atoms with Crippen LogP contribution < -0.4 is 0 Å². The van der Waals surface area contributed by atoms with E-state index in [9.17, 15) is 4.79 Å². The van der Waals surface area contributed by atoms with Gasteiger partial charge in [0.15, 0.2) is 0 Å². The summed E-state index contributed by atoms with van der Waals surface area (Å²) in [6.07, 6.45) is 0.714. The SMILES string of the molecule is CC(C)[C@H]1OC(=O)C[C@@H](C)[C@@H]1C. The van der Waals surface area contributed by atoms with Crippen molar-refractivity contribution in [3.63, 3.8) is 0 Å². The minimum absolute atomic E-state index is 0.0284. The molecule has 1 aliphatic rings. The molecule has 3 atom stereocenters. The van der Waals surface area contributed by atoms with Crippen molar-refractivity contribution in [1.82, 2.24) is 0 Å². The van der Waals surface area contributed by atoms with Crippen molar-refractivity contribution in [2.75, 3.05) is 0 Å². The summed E-state index contributed by atoms with van der Waals surface area (Å²) in [6, 6.07) is 0. The summed E-state index contributed by atoms with van der Waals surface area (Å²) in [5.41, 5.74) is 0. The Bertz CT molecular complexity index is 175. The number of carbonyl (C=O) groups is 1. The Hall–Kier alpha value is -0.530. The van der Waals surface area contributed by atoms with Crippen molar-refractivity contribution in [3.8, 4) is 0 Å². The standard InChI is InChI=1S/C10H18O2/c1-6(2)10-8(4)7(3)5-9(11)12-10/h6-8,10H,5H2,1-4H3/t7-,8+,10-/m1/s1. The molecule has 1 aliphatic heterocycles. The van der Waals surface area contributed by atoms with Gasteiger partial charge in [0.05, 0.1) is 0 Å². The molecule has 1 heterocycles. The van der Waals surface area contributed by atoms with Gasteiger partial charge >= 0.3 is 5.97 Å². The largest absolute Gasteiger partial charge is 0.462 e. The van der Waals surface area contributed by atoms with Gasteiger partial charge < -0.3 is 4.74 Å². The fourth-order valence-corrected chi connectivity index (χ4v) is 1.82. The van der Waals surface area contributed by atoms with Crippen LogP contribution in [-0.2, 0) is 9.53 Å². The molecular weight excluding hydrogens is 152 g/mol. The van der Waals surface area contributed by atoms with Crippen molar-refractivity contribution < 1.29 is 9.53 Å². The molecule has 0 bridgehead atoms. The first kappa shape index (κ1) is 9.56. The molecule has 0 N–H and O–H groups in total. The van der Waals surface area contributed by atoms with E-state index >= 15 is 0 Å². The molecule has 0 aromatic rings. The predicted molar refractivity (Wildman–Crippen MR) is 47.7 cm³/mol. The van der Waals surface area contributed by atoms with Crippen molar-refractivity contribution in [2.24, 2.45) is 17.8 Å². The molecule has 0 spiro atoms. The second-order valence-corrected chi connectivity index (χ2v) is 4.24. The van der Waals surface area contributed by atoms with Gasteiger partial charge in [-0.15, -0.1) is 0 Å². The van der Waals surface area contributed by atoms with Gasteiger partial charge in [-0.2, -0.15) is 0 Å². The number of esters is 1. The predicted octanol–water partition coefficient (Wildman–Crippen LogP) is 2.23. The summed E-state index contributed by atoms with van der Waals surface area (Å²) in [4.78, 5) is 11.1. The van der Waals surface area contributed by atoms with Crippen molar-refractivity contribution >= 4 is 5.97 Å². The van der Waals surface area contributed by atoms with Crippen LogP contribution in [0.25, 0.3) is 0 Å². The second-order valence-electron chi connectivity index (χ2n) is 4.24. The molecule has 70 valence electrons. The van der Waals surface area contributed by atoms with E-state index in [0.29, 0.717) is 24.2 Å². The van der Waals surface area contributed by atoms with Gasteiger partial charge in [-0.25, -0.2) is 0 Å². The molecular formula is C10H18O2. The van der Waals surface area contributed by atoms with E-state index in [4.69, 9.17) is 4.74 Å². The highest BCUT2D eigenvalue weighted by molar-refractivity contribution is 5.70. The van der Waals surface area contributed by atoms with Gasteiger partial charge in [-0.05, 0) is 17.8 Å². The molecule has 1 fully saturated rings. The number of hydrogen-bond acceptors (Lipinski definition) is 2. The monoisotopic (exact) mass is 170 g/mol. The molecule has 1 rings (SSSR count). The molecule has 1 saturated heterocycles. The fraction of sp³-hybridized carbons (Fsp3) is 0.900. The van der Waals surface area contributed by atoms with Crippen LogP contribution in [0.2, 0.25) is 0 Å². The van der Waals surface area contributed by atoms with E-state index in [2.05, 4.69) is 27.7 Å². The van der Waals surface area contributed by atoms with Gasteiger partial charge in [0.1, 0.15) is 6.10 Å². The smallest absolute Gasteiger partial charge is 0.306 e. The molecule has 0 radical (unpaired) electrons. The summed E-state index contributed by atoms with van der Waals surface area (Å²) in [6.45, 7) is 8.50. The average Bonchev–Trinajstić information content (AvgIpc) is 1.96. The number of cyclic esters (lactones) is 1. The molecule has 0 aromatic heterocycles. The highest BCUT2D eigenvalue weighted by Gasteiger charge is 2.34. The van der Waals surface area contributed by atoms with E-state index in [1.807, 2.05) is 0 Å². The van der Waals surface area contributed by atoms with Gasteiger partial charge in [-0.3, -0.25) is 4.79 Å². The molecule has 2 nitrogen and oxygen atoms in total. The van der Waals surface area contributed by atoms with Crippen LogP contribution >= 0.6 is 0 Å². The zero-order valence-corrected chi connectivity index (χ0v) is 8.33. The highest BCUT2D eigenvalue weighted by atomic mass is 16.5. The first-order valence-corrected chi connectivity index (χ1v) is 4.72. The van der Waals surface area contributed by atoms with E-state index in [0.717, 1.165) is 0 Å². The molecule has 0 amide bonds. The third-order valence-corrected chi connectivity index (χ3v) is 2.83. The number of carbonyl (C=O) groups excluding carboxylic acids is 1. The van der Waals surface area contributed by atoms with Gasteiger partial charge in [0, 0.05) is 6.42 Å². The van der Waals surface area contributed by atoms with Gasteiger partial charge in [-0.1, -0.05) is 27.7 Å². The minimum Gasteiger partial charge on any atom is -0.462 e. The normalized spacial score (nSPS) is 36.8. The summed E-state index contributed by atoms with van der Waals surface area (Å²) >= 11 is 0. The lowest BCUT2D eigenvalue weighted by atomic mass is 9.81. The van der Waals surface area contributed by atoms with E-state index in [-0.39, 0.29) is 12.1 Å². The fourth-order valence-electron chi connectivity index (χ4n) is 1.82. The zero-order valence-electron chi connectivity index (χ0n) is 8.33. The van der Waals surface area contributed by atoms with Crippen LogP contribution in [-0.4, -0.2) is 12.1 Å². The minimum atomic E-state index is -0.0284.